The lowest BCUT2D eigenvalue weighted by molar-refractivity contribution is 0.578. The molecule has 0 saturated carbocycles. The molecule has 1 heterocycles. The van der Waals surface area contributed by atoms with E-state index in [0.29, 0.717) is 5.69 Å². The fraction of sp³-hybridized carbons (Fsp3) is 0.500. The van der Waals surface area contributed by atoms with Crippen LogP contribution in [0.5, 0.6) is 0 Å². The second-order valence-corrected chi connectivity index (χ2v) is 2.65. The molecule has 12 heavy (non-hydrogen) atoms. The van der Waals surface area contributed by atoms with Crippen LogP contribution in [-0.4, -0.2) is 9.97 Å². The number of aromatic nitrogens is 2. The molecule has 0 radical (unpaired) electrons. The van der Waals surface area contributed by atoms with E-state index < -0.39 is 5.95 Å². The molecule has 0 fully saturated rings. The third-order valence-electron chi connectivity index (χ3n) is 0.921. The molecule has 0 unspecified atom stereocenters. The van der Waals surface area contributed by atoms with Crippen molar-refractivity contribution in [1.29, 1.82) is 0 Å². The normalized spacial score (nSPS) is 8.75. The van der Waals surface area contributed by atoms with Crippen LogP contribution >= 0.6 is 11.6 Å². The molecule has 0 aliphatic heterocycles. The summed E-state index contributed by atoms with van der Waals surface area (Å²) in [5.41, 5.74) is 0.462. The molecular weight excluding hydrogens is 179 g/mol. The average Bonchev–Trinajstić information content (AvgIpc) is 2.02. The van der Waals surface area contributed by atoms with Crippen LogP contribution in [0.15, 0.2) is 6.33 Å². The summed E-state index contributed by atoms with van der Waals surface area (Å²) >= 11 is 5.38. The van der Waals surface area contributed by atoms with Crippen LogP contribution in [0.1, 0.15) is 26.0 Å². The van der Waals surface area contributed by atoms with E-state index in [1.54, 1.807) is 6.92 Å². The number of rotatable bonds is 0. The standard InChI is InChI=1S/C5H4ClFN2.C3H8/c1-3-4(6)5(7)9-2-8-3;1-3-2/h2H,1H3;3H2,1-2H3. The molecule has 1 aromatic rings. The maximum absolute atomic E-state index is 12.3. The molecule has 0 amide bonds. The van der Waals surface area contributed by atoms with Gasteiger partial charge in [-0.1, -0.05) is 31.9 Å². The zero-order chi connectivity index (χ0) is 9.56. The maximum Gasteiger partial charge on any atom is 0.234 e. The van der Waals surface area contributed by atoms with Crippen molar-refractivity contribution in [3.63, 3.8) is 0 Å². The largest absolute Gasteiger partial charge is 0.240 e. The molecule has 0 N–H and O–H groups in total. The number of hydrogen-bond acceptors (Lipinski definition) is 2. The summed E-state index contributed by atoms with van der Waals surface area (Å²) in [4.78, 5) is 6.89. The van der Waals surface area contributed by atoms with Crippen molar-refractivity contribution in [2.45, 2.75) is 27.2 Å². The highest BCUT2D eigenvalue weighted by atomic mass is 35.5. The van der Waals surface area contributed by atoms with E-state index in [2.05, 4.69) is 23.8 Å². The summed E-state index contributed by atoms with van der Waals surface area (Å²) in [6, 6.07) is 0. The fourth-order valence-electron chi connectivity index (χ4n) is 0.429. The molecule has 0 aromatic carbocycles. The summed E-state index contributed by atoms with van der Waals surface area (Å²) in [7, 11) is 0. The van der Waals surface area contributed by atoms with Gasteiger partial charge >= 0.3 is 0 Å². The first-order chi connectivity index (χ1) is 5.63. The zero-order valence-corrected chi connectivity index (χ0v) is 8.19. The smallest absolute Gasteiger partial charge is 0.234 e. The Bertz CT molecular complexity index is 220. The Morgan fingerprint density at radius 3 is 2.25 bits per heavy atom. The van der Waals surface area contributed by atoms with Gasteiger partial charge in [0.2, 0.25) is 5.95 Å². The van der Waals surface area contributed by atoms with Crippen LogP contribution in [0.25, 0.3) is 0 Å². The monoisotopic (exact) mass is 190 g/mol. The van der Waals surface area contributed by atoms with E-state index in [0.717, 1.165) is 6.33 Å². The fourth-order valence-corrected chi connectivity index (χ4v) is 0.526. The van der Waals surface area contributed by atoms with E-state index in [4.69, 9.17) is 11.6 Å². The van der Waals surface area contributed by atoms with Crippen LogP contribution in [0.3, 0.4) is 0 Å². The maximum atomic E-state index is 12.3. The van der Waals surface area contributed by atoms with Crippen molar-refractivity contribution >= 4 is 11.6 Å². The van der Waals surface area contributed by atoms with Crippen molar-refractivity contribution in [3.8, 4) is 0 Å². The molecule has 0 atom stereocenters. The predicted molar refractivity (Wildman–Crippen MR) is 47.7 cm³/mol. The van der Waals surface area contributed by atoms with Crippen LogP contribution in [-0.2, 0) is 0 Å². The number of nitrogens with zero attached hydrogens (tertiary/aromatic N) is 2. The minimum atomic E-state index is -0.663. The summed E-state index contributed by atoms with van der Waals surface area (Å²) in [5.74, 6) is -0.663. The lowest BCUT2D eigenvalue weighted by atomic mass is 10.4. The minimum absolute atomic E-state index is 0.00231. The first kappa shape index (κ1) is 11.3. The van der Waals surface area contributed by atoms with Gasteiger partial charge in [0.05, 0.1) is 5.69 Å². The lowest BCUT2D eigenvalue weighted by Crippen LogP contribution is -1.89. The lowest BCUT2D eigenvalue weighted by Gasteiger charge is -1.93. The van der Waals surface area contributed by atoms with E-state index in [1.165, 1.54) is 6.42 Å². The quantitative estimate of drug-likeness (QED) is 0.588. The molecular formula is C8H12ClFN2. The molecule has 2 nitrogen and oxygen atoms in total. The Labute approximate surface area is 76.8 Å². The first-order valence-electron chi connectivity index (χ1n) is 3.76. The molecule has 68 valence electrons. The number of halogens is 2. The summed E-state index contributed by atoms with van der Waals surface area (Å²) in [6.45, 7) is 5.87. The molecule has 0 bridgehead atoms. The van der Waals surface area contributed by atoms with Crippen LogP contribution in [0.2, 0.25) is 5.02 Å². The summed E-state index contributed by atoms with van der Waals surface area (Å²) in [6.07, 6.45) is 2.39. The Kier molecular flexibility index (Phi) is 5.54. The van der Waals surface area contributed by atoms with Gasteiger partial charge in [-0.05, 0) is 6.92 Å². The summed E-state index contributed by atoms with van der Waals surface area (Å²) in [5, 5.41) is -0.00231. The Balaban J connectivity index is 0.000000354. The topological polar surface area (TPSA) is 25.8 Å². The molecule has 0 saturated heterocycles. The van der Waals surface area contributed by atoms with Crippen molar-refractivity contribution in [1.82, 2.24) is 9.97 Å². The predicted octanol–water partition coefficient (Wildman–Crippen LogP) is 2.99. The highest BCUT2D eigenvalue weighted by molar-refractivity contribution is 6.31. The Hall–Kier alpha value is -0.700. The first-order valence-corrected chi connectivity index (χ1v) is 4.13. The van der Waals surface area contributed by atoms with Crippen molar-refractivity contribution in [3.05, 3.63) is 23.0 Å². The third-order valence-corrected chi connectivity index (χ3v) is 1.35. The third kappa shape index (κ3) is 3.62. The van der Waals surface area contributed by atoms with E-state index >= 15 is 0 Å². The molecule has 1 rings (SSSR count). The van der Waals surface area contributed by atoms with Gasteiger partial charge < -0.3 is 0 Å². The van der Waals surface area contributed by atoms with Gasteiger partial charge in [0.25, 0.3) is 0 Å². The van der Waals surface area contributed by atoms with Crippen LogP contribution < -0.4 is 0 Å². The SMILES string of the molecule is CCC.Cc1ncnc(F)c1Cl. The van der Waals surface area contributed by atoms with E-state index in [-0.39, 0.29) is 5.02 Å². The molecule has 0 aliphatic rings. The highest BCUT2D eigenvalue weighted by Gasteiger charge is 2.01. The van der Waals surface area contributed by atoms with Gasteiger partial charge in [-0.2, -0.15) is 4.39 Å². The minimum Gasteiger partial charge on any atom is -0.240 e. The molecule has 0 spiro atoms. The summed E-state index contributed by atoms with van der Waals surface area (Å²) < 4.78 is 12.3. The average molecular weight is 191 g/mol. The van der Waals surface area contributed by atoms with Gasteiger partial charge in [-0.15, -0.1) is 0 Å². The van der Waals surface area contributed by atoms with Crippen LogP contribution in [0, 0.1) is 12.9 Å². The zero-order valence-electron chi connectivity index (χ0n) is 7.43. The van der Waals surface area contributed by atoms with Gasteiger partial charge in [0.1, 0.15) is 11.3 Å². The number of aryl methyl sites for hydroxylation is 1. The van der Waals surface area contributed by atoms with Crippen molar-refractivity contribution < 1.29 is 4.39 Å². The van der Waals surface area contributed by atoms with E-state index in [1.807, 2.05) is 0 Å². The number of hydrogen-bond donors (Lipinski definition) is 0. The van der Waals surface area contributed by atoms with E-state index in [9.17, 15) is 4.39 Å². The Morgan fingerprint density at radius 2 is 1.92 bits per heavy atom. The second-order valence-electron chi connectivity index (χ2n) is 2.27. The van der Waals surface area contributed by atoms with Gasteiger partial charge in [-0.25, -0.2) is 9.97 Å². The highest BCUT2D eigenvalue weighted by Crippen LogP contribution is 2.12. The van der Waals surface area contributed by atoms with Gasteiger partial charge in [0.15, 0.2) is 0 Å². The molecule has 4 heteroatoms. The van der Waals surface area contributed by atoms with Gasteiger partial charge in [0, 0.05) is 0 Å². The van der Waals surface area contributed by atoms with Crippen molar-refractivity contribution in [2.24, 2.45) is 0 Å². The Morgan fingerprint density at radius 1 is 1.42 bits per heavy atom. The van der Waals surface area contributed by atoms with Gasteiger partial charge in [-0.3, -0.25) is 0 Å². The van der Waals surface area contributed by atoms with Crippen molar-refractivity contribution in [2.75, 3.05) is 0 Å². The second kappa shape index (κ2) is 5.89. The van der Waals surface area contributed by atoms with Crippen LogP contribution in [0.4, 0.5) is 4.39 Å². The molecule has 0 aliphatic carbocycles. The molecule has 1 aromatic heterocycles.